The van der Waals surface area contributed by atoms with Crippen LogP contribution < -0.4 is 0 Å². The van der Waals surface area contributed by atoms with E-state index in [4.69, 9.17) is 4.74 Å². The molecule has 0 aliphatic heterocycles. The Bertz CT molecular complexity index is 184. The van der Waals surface area contributed by atoms with Crippen LogP contribution >= 0.6 is 11.3 Å². The molecule has 1 N–H and O–H groups in total. The van der Waals surface area contributed by atoms with Gasteiger partial charge >= 0.3 is 0 Å². The maximum atomic E-state index is 9.47. The minimum absolute atomic E-state index is 0.352. The number of hydrogen-bond acceptors (Lipinski definition) is 3. The lowest BCUT2D eigenvalue weighted by molar-refractivity contribution is 0.113. The normalized spacial score (nSPS) is 13.3. The molecule has 0 aliphatic rings. The van der Waals surface area contributed by atoms with Gasteiger partial charge in [0.05, 0.1) is 6.10 Å². The van der Waals surface area contributed by atoms with E-state index in [0.29, 0.717) is 13.0 Å². The second-order valence-corrected chi connectivity index (χ2v) is 3.29. The van der Waals surface area contributed by atoms with Crippen molar-refractivity contribution in [1.82, 2.24) is 0 Å². The third kappa shape index (κ3) is 2.61. The Hall–Kier alpha value is -0.380. The van der Waals surface area contributed by atoms with E-state index in [2.05, 4.69) is 0 Å². The fourth-order valence-electron chi connectivity index (χ4n) is 0.853. The Morgan fingerprint density at radius 1 is 1.73 bits per heavy atom. The number of methoxy groups -OCH3 is 1. The van der Waals surface area contributed by atoms with Crippen molar-refractivity contribution >= 4 is 11.3 Å². The number of aliphatic hydroxyl groups is 1. The summed E-state index contributed by atoms with van der Waals surface area (Å²) in [7, 11) is 1.64. The maximum absolute atomic E-state index is 9.47. The van der Waals surface area contributed by atoms with Gasteiger partial charge in [0.15, 0.2) is 0 Å². The van der Waals surface area contributed by atoms with E-state index in [1.807, 2.05) is 17.5 Å². The molecule has 1 unspecified atom stereocenters. The average molecular weight is 172 g/mol. The molecule has 0 saturated carbocycles. The molecule has 0 aromatic carbocycles. The van der Waals surface area contributed by atoms with Crippen molar-refractivity contribution in [1.29, 1.82) is 0 Å². The molecule has 0 radical (unpaired) electrons. The Kier molecular flexibility index (Phi) is 3.56. The molecule has 0 fully saturated rings. The zero-order valence-electron chi connectivity index (χ0n) is 6.49. The molecule has 0 spiro atoms. The molecule has 0 bridgehead atoms. The lowest BCUT2D eigenvalue weighted by Crippen LogP contribution is -1.99. The maximum Gasteiger partial charge on any atom is 0.0903 e. The van der Waals surface area contributed by atoms with Crippen molar-refractivity contribution in [2.45, 2.75) is 12.5 Å². The van der Waals surface area contributed by atoms with Crippen molar-refractivity contribution in [2.24, 2.45) is 0 Å². The van der Waals surface area contributed by atoms with Crippen LogP contribution in [0.25, 0.3) is 0 Å². The summed E-state index contributed by atoms with van der Waals surface area (Å²) < 4.78 is 4.86. The van der Waals surface area contributed by atoms with Crippen LogP contribution in [0.1, 0.15) is 17.4 Å². The molecule has 62 valence electrons. The molecule has 1 aromatic rings. The van der Waals surface area contributed by atoms with Crippen LogP contribution in [0.2, 0.25) is 0 Å². The summed E-state index contributed by atoms with van der Waals surface area (Å²) in [6.45, 7) is 0.610. The number of hydrogen-bond donors (Lipinski definition) is 1. The summed E-state index contributed by atoms with van der Waals surface area (Å²) in [5, 5.41) is 11.4. The van der Waals surface area contributed by atoms with Crippen molar-refractivity contribution in [3.63, 3.8) is 0 Å². The van der Waals surface area contributed by atoms with Gasteiger partial charge in [-0.15, -0.1) is 11.3 Å². The summed E-state index contributed by atoms with van der Waals surface area (Å²) in [6.07, 6.45) is 0.326. The van der Waals surface area contributed by atoms with E-state index >= 15 is 0 Å². The van der Waals surface area contributed by atoms with Crippen molar-refractivity contribution < 1.29 is 9.84 Å². The van der Waals surface area contributed by atoms with Crippen LogP contribution in [0.5, 0.6) is 0 Å². The molecule has 1 heterocycles. The van der Waals surface area contributed by atoms with E-state index < -0.39 is 0 Å². The summed E-state index contributed by atoms with van der Waals surface area (Å²) in [6, 6.07) is 3.88. The first-order valence-electron chi connectivity index (χ1n) is 3.55. The molecule has 1 aromatic heterocycles. The van der Waals surface area contributed by atoms with E-state index in [1.54, 1.807) is 18.4 Å². The third-order valence-electron chi connectivity index (χ3n) is 1.47. The summed E-state index contributed by atoms with van der Waals surface area (Å²) in [4.78, 5) is 1.02. The van der Waals surface area contributed by atoms with Gasteiger partial charge in [0.2, 0.25) is 0 Å². The van der Waals surface area contributed by atoms with Gasteiger partial charge < -0.3 is 9.84 Å². The second-order valence-electron chi connectivity index (χ2n) is 2.31. The molecule has 2 nitrogen and oxygen atoms in total. The standard InChI is InChI=1S/C8H12O2S/c1-10-5-4-7(9)8-3-2-6-11-8/h2-3,6-7,9H,4-5H2,1H3. The number of aliphatic hydroxyl groups excluding tert-OH is 1. The van der Waals surface area contributed by atoms with E-state index in [1.165, 1.54) is 0 Å². The predicted octanol–water partition coefficient (Wildman–Crippen LogP) is 1.82. The highest BCUT2D eigenvalue weighted by Gasteiger charge is 2.06. The molecular formula is C8H12O2S. The van der Waals surface area contributed by atoms with Gasteiger partial charge in [-0.1, -0.05) is 6.07 Å². The monoisotopic (exact) mass is 172 g/mol. The topological polar surface area (TPSA) is 29.5 Å². The van der Waals surface area contributed by atoms with Gasteiger partial charge in [0.25, 0.3) is 0 Å². The molecule has 0 aliphatic carbocycles. The van der Waals surface area contributed by atoms with Crippen LogP contribution in [-0.4, -0.2) is 18.8 Å². The van der Waals surface area contributed by atoms with Gasteiger partial charge in [-0.25, -0.2) is 0 Å². The Labute approximate surface area is 70.4 Å². The van der Waals surface area contributed by atoms with Crippen molar-refractivity contribution in [3.8, 4) is 0 Å². The minimum Gasteiger partial charge on any atom is -0.387 e. The van der Waals surface area contributed by atoms with Crippen LogP contribution in [0.15, 0.2) is 17.5 Å². The molecule has 1 atom stereocenters. The third-order valence-corrected chi connectivity index (χ3v) is 2.44. The van der Waals surface area contributed by atoms with Gasteiger partial charge in [0.1, 0.15) is 0 Å². The lowest BCUT2D eigenvalue weighted by Gasteiger charge is -2.06. The number of rotatable bonds is 4. The highest BCUT2D eigenvalue weighted by atomic mass is 32.1. The smallest absolute Gasteiger partial charge is 0.0903 e. The fraction of sp³-hybridized carbons (Fsp3) is 0.500. The first-order valence-corrected chi connectivity index (χ1v) is 4.43. The second kappa shape index (κ2) is 4.49. The van der Waals surface area contributed by atoms with E-state index in [-0.39, 0.29) is 6.10 Å². The molecule has 3 heteroatoms. The van der Waals surface area contributed by atoms with Crippen molar-refractivity contribution in [3.05, 3.63) is 22.4 Å². The van der Waals surface area contributed by atoms with E-state index in [0.717, 1.165) is 4.88 Å². The predicted molar refractivity (Wildman–Crippen MR) is 45.8 cm³/mol. The Morgan fingerprint density at radius 2 is 2.55 bits per heavy atom. The Balaban J connectivity index is 2.36. The summed E-state index contributed by atoms with van der Waals surface area (Å²) in [5.74, 6) is 0. The largest absolute Gasteiger partial charge is 0.387 e. The highest BCUT2D eigenvalue weighted by molar-refractivity contribution is 7.10. The first kappa shape index (κ1) is 8.71. The summed E-state index contributed by atoms with van der Waals surface area (Å²) in [5.41, 5.74) is 0. The Morgan fingerprint density at radius 3 is 3.09 bits per heavy atom. The van der Waals surface area contributed by atoms with Crippen LogP contribution in [0.4, 0.5) is 0 Å². The lowest BCUT2D eigenvalue weighted by atomic mass is 10.2. The van der Waals surface area contributed by atoms with Crippen LogP contribution in [-0.2, 0) is 4.74 Å². The zero-order chi connectivity index (χ0) is 8.10. The van der Waals surface area contributed by atoms with Gasteiger partial charge in [-0.05, 0) is 11.4 Å². The van der Waals surface area contributed by atoms with Gasteiger partial charge in [-0.2, -0.15) is 0 Å². The number of ether oxygens (including phenoxy) is 1. The van der Waals surface area contributed by atoms with Crippen LogP contribution in [0.3, 0.4) is 0 Å². The van der Waals surface area contributed by atoms with Gasteiger partial charge in [0, 0.05) is 25.0 Å². The van der Waals surface area contributed by atoms with Crippen molar-refractivity contribution in [2.75, 3.05) is 13.7 Å². The molecule has 11 heavy (non-hydrogen) atoms. The molecule has 0 saturated heterocycles. The average Bonchev–Trinajstić information content (AvgIpc) is 2.52. The first-order chi connectivity index (χ1) is 5.34. The molecular weight excluding hydrogens is 160 g/mol. The molecule has 1 rings (SSSR count). The molecule has 0 amide bonds. The highest BCUT2D eigenvalue weighted by Crippen LogP contribution is 2.21. The van der Waals surface area contributed by atoms with Crippen LogP contribution in [0, 0.1) is 0 Å². The minimum atomic E-state index is -0.352. The quantitative estimate of drug-likeness (QED) is 0.750. The number of thiophene rings is 1. The zero-order valence-corrected chi connectivity index (χ0v) is 7.30. The fourth-order valence-corrected chi connectivity index (χ4v) is 1.60. The van der Waals surface area contributed by atoms with E-state index in [9.17, 15) is 5.11 Å². The summed E-state index contributed by atoms with van der Waals surface area (Å²) >= 11 is 1.58. The SMILES string of the molecule is COCCC(O)c1cccs1. The van der Waals surface area contributed by atoms with Gasteiger partial charge in [-0.3, -0.25) is 0 Å².